The van der Waals surface area contributed by atoms with Crippen molar-refractivity contribution in [2.24, 2.45) is 78.5 Å². The molecule has 8 aromatic carbocycles. The molecule has 24 heteroatoms. The lowest BCUT2D eigenvalue weighted by molar-refractivity contribution is -0.138. The van der Waals surface area contributed by atoms with Crippen molar-refractivity contribution in [3.63, 3.8) is 0 Å². The highest BCUT2D eigenvalue weighted by atomic mass is 16.2. The molecule has 8 fully saturated rings. The molecule has 5 saturated carbocycles. The summed E-state index contributed by atoms with van der Waals surface area (Å²) in [7, 11) is 0. The first-order valence-corrected chi connectivity index (χ1v) is 43.9. The summed E-state index contributed by atoms with van der Waals surface area (Å²) in [6.07, 6.45) is 20.6. The summed E-state index contributed by atoms with van der Waals surface area (Å²) in [5.74, 6) is 3.47. The minimum absolute atomic E-state index is 0.0165. The van der Waals surface area contributed by atoms with Crippen molar-refractivity contribution in [1.29, 1.82) is 0 Å². The molecule has 5 aliphatic carbocycles. The summed E-state index contributed by atoms with van der Waals surface area (Å²) >= 11 is 0. The quantitative estimate of drug-likeness (QED) is 0.0118. The van der Waals surface area contributed by atoms with Crippen LogP contribution in [0.25, 0.3) is 32.3 Å². The summed E-state index contributed by atoms with van der Waals surface area (Å²) in [5.41, 5.74) is 37.1. The Bertz CT molecular complexity index is 4790. The lowest BCUT2D eigenvalue weighted by Gasteiger charge is -2.58. The number of carbonyl (C=O) groups excluding carboxylic acids is 6. The van der Waals surface area contributed by atoms with Gasteiger partial charge in [-0.3, -0.25) is 43.7 Å². The second-order valence-electron chi connectivity index (χ2n) is 35.1. The Morgan fingerprint density at radius 1 is 0.417 bits per heavy atom. The van der Waals surface area contributed by atoms with E-state index in [1.807, 2.05) is 169 Å². The molecule has 8 aromatic rings. The van der Waals surface area contributed by atoms with Crippen molar-refractivity contribution in [1.82, 2.24) is 46.6 Å². The lowest BCUT2D eigenvalue weighted by Crippen LogP contribution is -2.54. The first-order valence-electron chi connectivity index (χ1n) is 43.9. The molecule has 120 heavy (non-hydrogen) atoms. The molecule has 24 nitrogen and oxygen atoms in total. The van der Waals surface area contributed by atoms with Gasteiger partial charge in [0, 0.05) is 119 Å². The SMILES string of the molecule is CC(CN1CC[C@@H](CNC(=O)c2ccc3ccccc3c2)N[C@@H](CCCN=C(N)N)C1=O)(c1ccccc1)c1ccccc1.NC(N)=NCCC[C@@H]1N[C@H](CNC(=O)c2ccc3ccccc3c2)CCN(CC23CC4CC(CC(C4)C2)C3)C1=O.NC(N)=NCCC[C@@H]1N[C@H](CNC(=O)c2ccc3ccccc3c2)CCN(CC2CCCCC2)C1=O. The van der Waals surface area contributed by atoms with Crippen molar-refractivity contribution >= 4 is 85.6 Å². The third-order valence-corrected chi connectivity index (χ3v) is 26.0. The zero-order valence-electron chi connectivity index (χ0n) is 69.9. The van der Waals surface area contributed by atoms with Crippen LogP contribution in [-0.4, -0.2) is 183 Å². The lowest BCUT2D eigenvalue weighted by atomic mass is 9.49. The maximum Gasteiger partial charge on any atom is 0.251 e. The van der Waals surface area contributed by atoms with E-state index < -0.39 is 11.5 Å². The molecule has 6 amide bonds. The minimum Gasteiger partial charge on any atom is -0.370 e. The van der Waals surface area contributed by atoms with Crippen LogP contribution < -0.4 is 66.3 Å². The van der Waals surface area contributed by atoms with Crippen molar-refractivity contribution in [2.75, 3.05) is 78.5 Å². The van der Waals surface area contributed by atoms with Crippen LogP contribution >= 0.6 is 0 Å². The van der Waals surface area contributed by atoms with Crippen LogP contribution in [0, 0.1) is 29.1 Å². The van der Waals surface area contributed by atoms with Gasteiger partial charge in [0.05, 0.1) is 18.1 Å². The first kappa shape index (κ1) is 86.9. The smallest absolute Gasteiger partial charge is 0.251 e. The molecule has 3 saturated heterocycles. The number of amides is 6. The second-order valence-corrected chi connectivity index (χ2v) is 35.1. The fourth-order valence-electron chi connectivity index (χ4n) is 20.2. The Kier molecular flexibility index (Phi) is 30.3. The fourth-order valence-corrected chi connectivity index (χ4v) is 20.2. The number of guanidine groups is 3. The number of rotatable bonds is 29. The van der Waals surface area contributed by atoms with Gasteiger partial charge in [-0.05, 0) is 225 Å². The second kappa shape index (κ2) is 41.8. The molecule has 0 spiro atoms. The highest BCUT2D eigenvalue weighted by molar-refractivity contribution is 6.00. The number of nitrogens with zero attached hydrogens (tertiary/aromatic N) is 6. The van der Waals surface area contributed by atoms with Gasteiger partial charge in [-0.1, -0.05) is 171 Å². The number of aliphatic imine (C=N–C) groups is 3. The van der Waals surface area contributed by atoms with Crippen LogP contribution in [0.2, 0.25) is 0 Å². The standard InChI is InChI=1S/C36H42N6O2.C32H44N6O2.C28H40N6O2/c1-36(29-13-4-2-5-14-29,30-15-6-3-7-16-30)25-42-22-20-31(41-32(34(42)44)17-10-21-39-35(37)38)24-40-33(43)28-19-18-26-11-8-9-12-27(26)23-28;33-31(34)35-10-3-6-28-30(40)38(20-32-16-21-12-22(17-32)14-23(13-21)18-32)11-9-27(37-28)19-36-29(39)26-8-7-24-4-1-2-5-25(24)15-26;29-28(30)31-15-6-11-25-27(36)34(19-20-7-2-1-3-8-20)16-14-24(33-25)18-32-26(35)23-13-12-21-9-4-5-10-22(21)17-23/h2-9,11-16,18-19,23,31-32,41H,10,17,20-22,24-25H2,1H3,(H,40,43)(H4,37,38,39);1-2,4-5,7-8,15,21-23,27-28,37H,3,6,9-14,16-20H2,(H,36,39)(H4,33,34,35);4-5,9-10,12-13,17,20,24-25,33H,1-3,6-8,11,14-16,18-19H2,(H,32,35)(H4,29,30,31)/t31-,32-;21?,22?,23?,27-,28-,32?;24-,25-/m000/s1. The van der Waals surface area contributed by atoms with Gasteiger partial charge >= 0.3 is 0 Å². The van der Waals surface area contributed by atoms with Crippen molar-refractivity contribution < 1.29 is 28.8 Å². The Balaban J connectivity index is 0.000000156. The molecular formula is C96H126N18O6. The number of benzene rings is 8. The monoisotopic (exact) mass is 1630 g/mol. The summed E-state index contributed by atoms with van der Waals surface area (Å²) < 4.78 is 0. The van der Waals surface area contributed by atoms with E-state index in [0.717, 1.165) is 107 Å². The van der Waals surface area contributed by atoms with Gasteiger partial charge in [-0.2, -0.15) is 0 Å². The maximum absolute atomic E-state index is 14.1. The molecule has 636 valence electrons. The Morgan fingerprint density at radius 2 is 0.750 bits per heavy atom. The number of fused-ring (bicyclic) bond motifs is 3. The van der Waals surface area contributed by atoms with E-state index >= 15 is 0 Å². The zero-order chi connectivity index (χ0) is 84.0. The molecule has 0 radical (unpaired) electrons. The number of hydrogen-bond acceptors (Lipinski definition) is 12. The highest BCUT2D eigenvalue weighted by Crippen LogP contribution is 2.60. The first-order chi connectivity index (χ1) is 58.2. The zero-order valence-corrected chi connectivity index (χ0v) is 69.9. The third kappa shape index (κ3) is 23.8. The number of nitrogens with one attached hydrogen (secondary N) is 6. The third-order valence-electron chi connectivity index (χ3n) is 26.0. The molecule has 6 atom stereocenters. The van der Waals surface area contributed by atoms with Crippen LogP contribution in [0.5, 0.6) is 0 Å². The van der Waals surface area contributed by atoms with Gasteiger partial charge < -0.3 is 81.0 Å². The van der Waals surface area contributed by atoms with Crippen molar-refractivity contribution in [2.45, 2.75) is 177 Å². The van der Waals surface area contributed by atoms with E-state index in [2.05, 4.69) is 87.9 Å². The largest absolute Gasteiger partial charge is 0.370 e. The molecular weight excluding hydrogens is 1500 g/mol. The van der Waals surface area contributed by atoms with Crippen LogP contribution in [-0.2, 0) is 19.8 Å². The Morgan fingerprint density at radius 3 is 1.12 bits per heavy atom. The van der Waals surface area contributed by atoms with Crippen LogP contribution in [0.1, 0.15) is 178 Å². The summed E-state index contributed by atoms with van der Waals surface area (Å²) in [6, 6.07) is 61.0. The predicted molar refractivity (Wildman–Crippen MR) is 481 cm³/mol. The summed E-state index contributed by atoms with van der Waals surface area (Å²) in [4.78, 5) is 99.1. The van der Waals surface area contributed by atoms with Crippen LogP contribution in [0.15, 0.2) is 203 Å². The molecule has 4 bridgehead atoms. The van der Waals surface area contributed by atoms with Crippen molar-refractivity contribution in [3.05, 3.63) is 216 Å². The average molecular weight is 1630 g/mol. The molecule has 3 aliphatic heterocycles. The van der Waals surface area contributed by atoms with E-state index in [1.54, 1.807) is 0 Å². The number of hydrogen-bond donors (Lipinski definition) is 12. The van der Waals surface area contributed by atoms with E-state index in [-0.39, 0.29) is 83.5 Å². The normalized spacial score (nSPS) is 23.1. The molecule has 3 heterocycles. The van der Waals surface area contributed by atoms with Gasteiger partial charge in [0.25, 0.3) is 17.7 Å². The Labute approximate surface area is 707 Å². The molecule has 18 N–H and O–H groups in total. The molecule has 0 aromatic heterocycles. The van der Waals surface area contributed by atoms with Gasteiger partial charge in [0.1, 0.15) is 0 Å². The number of nitrogens with two attached hydrogens (primary N) is 6. The summed E-state index contributed by atoms with van der Waals surface area (Å²) in [6.45, 7) is 9.29. The number of carbonyl (C=O) groups is 6. The van der Waals surface area contributed by atoms with E-state index in [0.29, 0.717) is 119 Å². The highest BCUT2D eigenvalue weighted by Gasteiger charge is 2.52. The van der Waals surface area contributed by atoms with E-state index in [4.69, 9.17) is 34.4 Å². The fraction of sp³-hybridized carbons (Fsp3) is 0.469. The van der Waals surface area contributed by atoms with E-state index in [1.165, 1.54) is 70.6 Å². The average Bonchev–Trinajstić information content (AvgIpc) is 0.843. The van der Waals surface area contributed by atoms with Crippen molar-refractivity contribution in [3.8, 4) is 0 Å². The van der Waals surface area contributed by atoms with Gasteiger partial charge in [-0.15, -0.1) is 0 Å². The predicted octanol–water partition coefficient (Wildman–Crippen LogP) is 10.3. The molecule has 0 unspecified atom stereocenters. The maximum atomic E-state index is 14.1. The van der Waals surface area contributed by atoms with Gasteiger partial charge in [-0.25, -0.2) is 0 Å². The van der Waals surface area contributed by atoms with E-state index in [9.17, 15) is 28.8 Å². The topological polar surface area (TPSA) is 378 Å². The van der Waals surface area contributed by atoms with Gasteiger partial charge in [0.15, 0.2) is 17.9 Å². The van der Waals surface area contributed by atoms with Gasteiger partial charge in [0.2, 0.25) is 17.7 Å². The Hall–Kier alpha value is -11.0. The van der Waals surface area contributed by atoms with Crippen LogP contribution in [0.3, 0.4) is 0 Å². The summed E-state index contributed by atoms with van der Waals surface area (Å²) in [5, 5.41) is 26.5. The van der Waals surface area contributed by atoms with Crippen LogP contribution in [0.4, 0.5) is 0 Å². The minimum atomic E-state index is -0.426. The molecule has 16 rings (SSSR count). The molecule has 8 aliphatic rings.